The summed E-state index contributed by atoms with van der Waals surface area (Å²) in [6.45, 7) is 3.71. The van der Waals surface area contributed by atoms with Gasteiger partial charge in [-0.15, -0.1) is 0 Å². The maximum atomic E-state index is 12.2. The van der Waals surface area contributed by atoms with Gasteiger partial charge in [-0.25, -0.2) is 0 Å². The Morgan fingerprint density at radius 3 is 2.94 bits per heavy atom. The van der Waals surface area contributed by atoms with Crippen LogP contribution in [0.1, 0.15) is 25.7 Å². The van der Waals surface area contributed by atoms with Crippen molar-refractivity contribution in [2.75, 3.05) is 26.2 Å². The van der Waals surface area contributed by atoms with E-state index in [-0.39, 0.29) is 12.0 Å². The van der Waals surface area contributed by atoms with E-state index in [9.17, 15) is 4.79 Å². The van der Waals surface area contributed by atoms with Crippen molar-refractivity contribution in [1.82, 2.24) is 10.2 Å². The number of amides is 1. The van der Waals surface area contributed by atoms with Crippen LogP contribution >= 0.6 is 0 Å². The van der Waals surface area contributed by atoms with Gasteiger partial charge in [-0.1, -0.05) is 0 Å². The number of hydrogen-bond donors (Lipinski definition) is 1. The van der Waals surface area contributed by atoms with Gasteiger partial charge in [0.2, 0.25) is 0 Å². The fraction of sp³-hybridized carbons (Fsp3) is 0.917. The molecule has 0 spiro atoms. The first-order valence-corrected chi connectivity index (χ1v) is 6.48. The Morgan fingerprint density at radius 1 is 1.25 bits per heavy atom. The maximum Gasteiger partial charge on any atom is 0.251 e. The second-order valence-corrected chi connectivity index (χ2v) is 5.21. The summed E-state index contributed by atoms with van der Waals surface area (Å²) in [6.07, 6.45) is 4.34. The highest BCUT2D eigenvalue weighted by molar-refractivity contribution is 5.81. The Bertz CT molecular complexity index is 262. The highest BCUT2D eigenvalue weighted by Gasteiger charge is 2.39. The number of nitrogens with zero attached hydrogens (tertiary/aromatic N) is 1. The Hall–Kier alpha value is -0.610. The summed E-state index contributed by atoms with van der Waals surface area (Å²) in [5, 5.41) is 3.52. The summed E-state index contributed by atoms with van der Waals surface area (Å²) in [5.74, 6) is 0.910. The molecule has 0 radical (unpaired) electrons. The number of rotatable bonds is 1. The number of carbonyl (C=O) groups excluding carboxylic acids is 1. The lowest BCUT2D eigenvalue weighted by Crippen LogP contribution is -2.42. The van der Waals surface area contributed by atoms with Crippen molar-refractivity contribution >= 4 is 5.91 Å². The quantitative estimate of drug-likeness (QED) is 0.700. The molecular weight excluding hydrogens is 204 g/mol. The van der Waals surface area contributed by atoms with Gasteiger partial charge in [-0.2, -0.15) is 0 Å². The first kappa shape index (κ1) is 10.5. The molecule has 3 aliphatic rings. The minimum absolute atomic E-state index is 0.139. The van der Waals surface area contributed by atoms with E-state index in [4.69, 9.17) is 4.74 Å². The molecule has 90 valence electrons. The van der Waals surface area contributed by atoms with Gasteiger partial charge in [0.25, 0.3) is 5.91 Å². The van der Waals surface area contributed by atoms with E-state index in [0.29, 0.717) is 12.0 Å². The minimum Gasteiger partial charge on any atom is -0.368 e. The van der Waals surface area contributed by atoms with Gasteiger partial charge in [0, 0.05) is 25.7 Å². The molecule has 16 heavy (non-hydrogen) atoms. The molecule has 0 aliphatic carbocycles. The summed E-state index contributed by atoms with van der Waals surface area (Å²) < 4.78 is 5.47. The van der Waals surface area contributed by atoms with Crippen LogP contribution in [-0.2, 0) is 9.53 Å². The molecule has 1 amide bonds. The summed E-state index contributed by atoms with van der Waals surface area (Å²) >= 11 is 0. The molecule has 3 atom stereocenters. The SMILES string of the molecule is O=C([C@@H]1CCCO1)N1CC2CCCNC2C1. The monoisotopic (exact) mass is 224 g/mol. The van der Waals surface area contributed by atoms with Gasteiger partial charge in [-0.3, -0.25) is 4.79 Å². The fourth-order valence-corrected chi connectivity index (χ4v) is 3.20. The standard InChI is InChI=1S/C12H20N2O2/c15-12(11-4-2-6-16-11)14-7-9-3-1-5-13-10(9)8-14/h9-11,13H,1-8H2/t9?,10?,11-/m0/s1. The number of ether oxygens (including phenoxy) is 1. The van der Waals surface area contributed by atoms with Crippen molar-refractivity contribution in [2.24, 2.45) is 5.92 Å². The van der Waals surface area contributed by atoms with E-state index in [0.717, 1.165) is 39.1 Å². The van der Waals surface area contributed by atoms with Gasteiger partial charge >= 0.3 is 0 Å². The largest absolute Gasteiger partial charge is 0.368 e. The lowest BCUT2D eigenvalue weighted by molar-refractivity contribution is -0.140. The molecule has 0 saturated carbocycles. The van der Waals surface area contributed by atoms with Crippen LogP contribution in [0.25, 0.3) is 0 Å². The van der Waals surface area contributed by atoms with E-state index in [1.807, 2.05) is 4.90 Å². The van der Waals surface area contributed by atoms with Gasteiger partial charge in [0.05, 0.1) is 0 Å². The highest BCUT2D eigenvalue weighted by atomic mass is 16.5. The zero-order chi connectivity index (χ0) is 11.0. The maximum absolute atomic E-state index is 12.2. The Balaban J connectivity index is 1.61. The minimum atomic E-state index is -0.139. The van der Waals surface area contributed by atoms with Gasteiger partial charge < -0.3 is 15.0 Å². The molecule has 0 aromatic rings. The molecule has 1 N–H and O–H groups in total. The molecule has 0 bridgehead atoms. The summed E-state index contributed by atoms with van der Waals surface area (Å²) in [6, 6.07) is 0.541. The molecular formula is C12H20N2O2. The first-order valence-electron chi connectivity index (χ1n) is 6.48. The van der Waals surface area contributed by atoms with Crippen LogP contribution in [-0.4, -0.2) is 49.2 Å². The van der Waals surface area contributed by atoms with Crippen LogP contribution in [0.15, 0.2) is 0 Å². The Morgan fingerprint density at radius 2 is 2.19 bits per heavy atom. The predicted octanol–water partition coefficient (Wildman–Crippen LogP) is 0.376. The van der Waals surface area contributed by atoms with Crippen molar-refractivity contribution in [2.45, 2.75) is 37.8 Å². The molecule has 3 aliphatic heterocycles. The third kappa shape index (κ3) is 1.84. The molecule has 0 aromatic carbocycles. The van der Waals surface area contributed by atoms with Crippen LogP contribution in [0, 0.1) is 5.92 Å². The summed E-state index contributed by atoms with van der Waals surface area (Å²) in [4.78, 5) is 14.2. The van der Waals surface area contributed by atoms with E-state index >= 15 is 0 Å². The fourth-order valence-electron chi connectivity index (χ4n) is 3.20. The van der Waals surface area contributed by atoms with Gasteiger partial charge in [0.1, 0.15) is 6.10 Å². The van der Waals surface area contributed by atoms with Crippen molar-refractivity contribution in [3.63, 3.8) is 0 Å². The van der Waals surface area contributed by atoms with E-state index in [1.165, 1.54) is 12.8 Å². The third-order valence-corrected chi connectivity index (χ3v) is 4.12. The summed E-state index contributed by atoms with van der Waals surface area (Å²) in [7, 11) is 0. The number of carbonyl (C=O) groups is 1. The topological polar surface area (TPSA) is 41.6 Å². The van der Waals surface area contributed by atoms with E-state index in [1.54, 1.807) is 0 Å². The molecule has 3 saturated heterocycles. The lowest BCUT2D eigenvalue weighted by Gasteiger charge is -2.24. The average Bonchev–Trinajstić information content (AvgIpc) is 2.97. The molecule has 3 rings (SSSR count). The van der Waals surface area contributed by atoms with Gasteiger partial charge in [-0.05, 0) is 38.1 Å². The second kappa shape index (κ2) is 4.34. The predicted molar refractivity (Wildman–Crippen MR) is 60.1 cm³/mol. The molecule has 3 fully saturated rings. The smallest absolute Gasteiger partial charge is 0.251 e. The number of nitrogens with one attached hydrogen (secondary N) is 1. The molecule has 4 heteroatoms. The molecule has 4 nitrogen and oxygen atoms in total. The zero-order valence-corrected chi connectivity index (χ0v) is 9.65. The van der Waals surface area contributed by atoms with E-state index in [2.05, 4.69) is 5.32 Å². The number of likely N-dealkylation sites (tertiary alicyclic amines) is 1. The average molecular weight is 224 g/mol. The number of piperidine rings is 1. The molecule has 3 heterocycles. The van der Waals surface area contributed by atoms with Crippen LogP contribution < -0.4 is 5.32 Å². The van der Waals surface area contributed by atoms with Crippen LogP contribution in [0.4, 0.5) is 0 Å². The van der Waals surface area contributed by atoms with E-state index < -0.39 is 0 Å². The normalized spacial score (nSPS) is 38.8. The Kier molecular flexibility index (Phi) is 2.86. The van der Waals surface area contributed by atoms with Crippen molar-refractivity contribution in [3.05, 3.63) is 0 Å². The summed E-state index contributed by atoms with van der Waals surface area (Å²) in [5.41, 5.74) is 0. The number of hydrogen-bond acceptors (Lipinski definition) is 3. The molecule has 0 aromatic heterocycles. The van der Waals surface area contributed by atoms with Crippen molar-refractivity contribution in [3.8, 4) is 0 Å². The van der Waals surface area contributed by atoms with Gasteiger partial charge in [0.15, 0.2) is 0 Å². The first-order chi connectivity index (χ1) is 7.84. The Labute approximate surface area is 96.3 Å². The lowest BCUT2D eigenvalue weighted by atomic mass is 9.94. The van der Waals surface area contributed by atoms with Crippen LogP contribution in [0.2, 0.25) is 0 Å². The van der Waals surface area contributed by atoms with Crippen molar-refractivity contribution in [1.29, 1.82) is 0 Å². The number of fused-ring (bicyclic) bond motifs is 1. The van der Waals surface area contributed by atoms with Crippen LogP contribution in [0.5, 0.6) is 0 Å². The second-order valence-electron chi connectivity index (χ2n) is 5.21. The highest BCUT2D eigenvalue weighted by Crippen LogP contribution is 2.26. The zero-order valence-electron chi connectivity index (χ0n) is 9.65. The van der Waals surface area contributed by atoms with Crippen molar-refractivity contribution < 1.29 is 9.53 Å². The molecule has 2 unspecified atom stereocenters. The van der Waals surface area contributed by atoms with Crippen LogP contribution in [0.3, 0.4) is 0 Å². The third-order valence-electron chi connectivity index (χ3n) is 4.12.